The van der Waals surface area contributed by atoms with Crippen LogP contribution in [0.4, 0.5) is 5.69 Å². The summed E-state index contributed by atoms with van der Waals surface area (Å²) in [6.07, 6.45) is 1.68. The van der Waals surface area contributed by atoms with Crippen LogP contribution in [0.3, 0.4) is 0 Å². The van der Waals surface area contributed by atoms with Crippen molar-refractivity contribution in [2.24, 2.45) is 4.99 Å². The van der Waals surface area contributed by atoms with Crippen LogP contribution in [0.5, 0.6) is 5.75 Å². The minimum Gasteiger partial charge on any atom is -0.494 e. The minimum absolute atomic E-state index is 0.612. The number of benzene rings is 1. The predicted molar refractivity (Wildman–Crippen MR) is 94.7 cm³/mol. The monoisotopic (exact) mass is 344 g/mol. The first kappa shape index (κ1) is 16.5. The van der Waals surface area contributed by atoms with Crippen LogP contribution < -0.4 is 9.54 Å². The summed E-state index contributed by atoms with van der Waals surface area (Å²) in [5.41, 5.74) is 1.89. The van der Waals surface area contributed by atoms with Gasteiger partial charge in [-0.15, -0.1) is 11.3 Å². The molecule has 0 bridgehead atoms. The molecular formula is C18H20N2O3S. The number of ether oxygens (including phenoxy) is 2. The molecule has 3 rings (SSSR count). The number of furan rings is 1. The van der Waals surface area contributed by atoms with Gasteiger partial charge in [0.05, 0.1) is 30.9 Å². The quantitative estimate of drug-likeness (QED) is 0.649. The van der Waals surface area contributed by atoms with Crippen molar-refractivity contribution in [3.05, 3.63) is 52.8 Å². The van der Waals surface area contributed by atoms with Crippen molar-refractivity contribution in [1.82, 2.24) is 4.57 Å². The average Bonchev–Trinajstić information content (AvgIpc) is 3.25. The molecule has 6 heteroatoms. The molecular weight excluding hydrogens is 324 g/mol. The van der Waals surface area contributed by atoms with Gasteiger partial charge in [-0.05, 0) is 43.3 Å². The van der Waals surface area contributed by atoms with Crippen LogP contribution in [0.15, 0.2) is 57.5 Å². The molecule has 3 aromatic rings. The smallest absolute Gasteiger partial charge is 0.190 e. The van der Waals surface area contributed by atoms with Crippen LogP contribution >= 0.6 is 11.3 Å². The zero-order valence-electron chi connectivity index (χ0n) is 13.8. The fraction of sp³-hybridized carbons (Fsp3) is 0.278. The van der Waals surface area contributed by atoms with Gasteiger partial charge in [0, 0.05) is 19.0 Å². The van der Waals surface area contributed by atoms with E-state index in [1.54, 1.807) is 24.7 Å². The van der Waals surface area contributed by atoms with E-state index in [1.165, 1.54) is 0 Å². The zero-order chi connectivity index (χ0) is 16.8. The molecule has 0 N–H and O–H groups in total. The standard InChI is InChI=1S/C18H20N2O3S/c1-3-22-15-8-6-14(7-9-15)19-18-20(10-12-21-2)16(13-24-18)17-5-4-11-23-17/h4-9,11,13H,3,10,12H2,1-2H3. The lowest BCUT2D eigenvalue weighted by atomic mass is 10.3. The Bertz CT molecular complexity index is 817. The normalized spacial score (nSPS) is 11.8. The molecule has 0 saturated heterocycles. The Morgan fingerprint density at radius 1 is 1.21 bits per heavy atom. The van der Waals surface area contributed by atoms with Crippen LogP contribution in [-0.2, 0) is 11.3 Å². The highest BCUT2D eigenvalue weighted by Crippen LogP contribution is 2.22. The van der Waals surface area contributed by atoms with Gasteiger partial charge in [0.25, 0.3) is 0 Å². The summed E-state index contributed by atoms with van der Waals surface area (Å²) in [4.78, 5) is 5.66. The maximum absolute atomic E-state index is 5.53. The molecule has 0 unspecified atom stereocenters. The molecule has 0 radical (unpaired) electrons. The maximum atomic E-state index is 5.53. The van der Waals surface area contributed by atoms with Gasteiger partial charge in [-0.1, -0.05) is 0 Å². The summed E-state index contributed by atoms with van der Waals surface area (Å²) in [5.74, 6) is 1.68. The number of hydrogen-bond donors (Lipinski definition) is 0. The summed E-state index contributed by atoms with van der Waals surface area (Å²) >= 11 is 1.58. The lowest BCUT2D eigenvalue weighted by Gasteiger charge is -2.06. The molecule has 0 amide bonds. The lowest BCUT2D eigenvalue weighted by Crippen LogP contribution is -2.18. The van der Waals surface area contributed by atoms with Gasteiger partial charge in [0.15, 0.2) is 10.6 Å². The summed E-state index contributed by atoms with van der Waals surface area (Å²) in [7, 11) is 1.70. The highest BCUT2D eigenvalue weighted by molar-refractivity contribution is 7.07. The predicted octanol–water partition coefficient (Wildman–Crippen LogP) is 4.09. The van der Waals surface area contributed by atoms with Crippen molar-refractivity contribution in [1.29, 1.82) is 0 Å². The fourth-order valence-corrected chi connectivity index (χ4v) is 3.27. The second-order valence-electron chi connectivity index (χ2n) is 5.06. The fourth-order valence-electron chi connectivity index (χ4n) is 2.33. The van der Waals surface area contributed by atoms with Crippen LogP contribution in [0.1, 0.15) is 6.92 Å². The van der Waals surface area contributed by atoms with Crippen LogP contribution in [0.25, 0.3) is 11.5 Å². The third-order valence-electron chi connectivity index (χ3n) is 3.46. The second-order valence-corrected chi connectivity index (χ2v) is 5.90. The van der Waals surface area contributed by atoms with Gasteiger partial charge < -0.3 is 18.5 Å². The van der Waals surface area contributed by atoms with Crippen LogP contribution in [0, 0.1) is 0 Å². The summed E-state index contributed by atoms with van der Waals surface area (Å²) in [6, 6.07) is 11.6. The molecule has 1 aromatic carbocycles. The van der Waals surface area contributed by atoms with Gasteiger partial charge in [-0.25, -0.2) is 4.99 Å². The first-order valence-electron chi connectivity index (χ1n) is 7.80. The number of aromatic nitrogens is 1. The topological polar surface area (TPSA) is 48.9 Å². The third-order valence-corrected chi connectivity index (χ3v) is 4.33. The number of nitrogens with zero attached hydrogens (tertiary/aromatic N) is 2. The highest BCUT2D eigenvalue weighted by atomic mass is 32.1. The third kappa shape index (κ3) is 3.77. The van der Waals surface area contributed by atoms with E-state index in [0.29, 0.717) is 19.8 Å². The largest absolute Gasteiger partial charge is 0.494 e. The van der Waals surface area contributed by atoms with Gasteiger partial charge in [0.2, 0.25) is 0 Å². The molecule has 24 heavy (non-hydrogen) atoms. The molecule has 0 aliphatic carbocycles. The maximum Gasteiger partial charge on any atom is 0.190 e. The zero-order valence-corrected chi connectivity index (χ0v) is 14.6. The highest BCUT2D eigenvalue weighted by Gasteiger charge is 2.10. The molecule has 2 aromatic heterocycles. The summed E-state index contributed by atoms with van der Waals surface area (Å²) in [5, 5.41) is 2.06. The Morgan fingerprint density at radius 3 is 2.71 bits per heavy atom. The molecule has 5 nitrogen and oxygen atoms in total. The SMILES string of the molecule is CCOc1ccc(N=c2scc(-c3ccco3)n2CCOC)cc1. The Hall–Kier alpha value is -2.31. The van der Waals surface area contributed by atoms with E-state index in [1.807, 2.05) is 43.3 Å². The molecule has 0 fully saturated rings. The van der Waals surface area contributed by atoms with E-state index in [4.69, 9.17) is 18.9 Å². The van der Waals surface area contributed by atoms with E-state index in [0.717, 1.165) is 27.7 Å². The Morgan fingerprint density at radius 2 is 2.04 bits per heavy atom. The van der Waals surface area contributed by atoms with Crippen molar-refractivity contribution >= 4 is 17.0 Å². The van der Waals surface area contributed by atoms with Crippen molar-refractivity contribution in [3.8, 4) is 17.2 Å². The first-order chi connectivity index (χ1) is 11.8. The molecule has 0 aliphatic rings. The van der Waals surface area contributed by atoms with Crippen LogP contribution in [-0.4, -0.2) is 24.9 Å². The van der Waals surface area contributed by atoms with Crippen molar-refractivity contribution < 1.29 is 13.9 Å². The number of thiazole rings is 1. The van der Waals surface area contributed by atoms with E-state index in [-0.39, 0.29) is 0 Å². The van der Waals surface area contributed by atoms with E-state index in [9.17, 15) is 0 Å². The van der Waals surface area contributed by atoms with E-state index in [2.05, 4.69) is 9.95 Å². The van der Waals surface area contributed by atoms with E-state index < -0.39 is 0 Å². The van der Waals surface area contributed by atoms with Gasteiger partial charge in [0.1, 0.15) is 5.75 Å². The number of methoxy groups -OCH3 is 1. The molecule has 0 aliphatic heterocycles. The van der Waals surface area contributed by atoms with Gasteiger partial charge in [-0.3, -0.25) is 0 Å². The molecule has 126 valence electrons. The van der Waals surface area contributed by atoms with Crippen LogP contribution in [0.2, 0.25) is 0 Å². The number of hydrogen-bond acceptors (Lipinski definition) is 5. The summed E-state index contributed by atoms with van der Waals surface area (Å²) in [6.45, 7) is 3.95. The number of rotatable bonds is 7. The van der Waals surface area contributed by atoms with Gasteiger partial charge >= 0.3 is 0 Å². The average molecular weight is 344 g/mol. The Labute approximate surface area is 144 Å². The molecule has 0 spiro atoms. The van der Waals surface area contributed by atoms with Gasteiger partial charge in [-0.2, -0.15) is 0 Å². The minimum atomic E-state index is 0.612. The van der Waals surface area contributed by atoms with Crippen molar-refractivity contribution in [2.75, 3.05) is 20.3 Å². The summed E-state index contributed by atoms with van der Waals surface area (Å²) < 4.78 is 18.3. The Kier molecular flexibility index (Phi) is 5.51. The molecule has 0 atom stereocenters. The lowest BCUT2D eigenvalue weighted by molar-refractivity contribution is 0.187. The molecule has 0 saturated carbocycles. The molecule has 2 heterocycles. The van der Waals surface area contributed by atoms with Crippen molar-refractivity contribution in [2.45, 2.75) is 13.5 Å². The Balaban J connectivity index is 1.97. The second kappa shape index (κ2) is 7.99. The van der Waals surface area contributed by atoms with Crippen molar-refractivity contribution in [3.63, 3.8) is 0 Å². The first-order valence-corrected chi connectivity index (χ1v) is 8.68. The van der Waals surface area contributed by atoms with E-state index >= 15 is 0 Å².